The third-order valence-electron chi connectivity index (χ3n) is 3.37. The first-order valence-corrected chi connectivity index (χ1v) is 8.08. The van der Waals surface area contributed by atoms with Crippen LogP contribution in [0.25, 0.3) is 0 Å². The average molecular weight is 311 g/mol. The number of rotatable bonds is 4. The number of carbonyl (C=O) groups excluding carboxylic acids is 2. The highest BCUT2D eigenvalue weighted by atomic mass is 16.6. The van der Waals surface area contributed by atoms with Crippen LogP contribution in [-0.2, 0) is 9.53 Å². The monoisotopic (exact) mass is 311 g/mol. The Bertz CT molecular complexity index is 405. The molecule has 0 aromatic carbocycles. The molecule has 2 N–H and O–H groups in total. The zero-order valence-corrected chi connectivity index (χ0v) is 14.2. The summed E-state index contributed by atoms with van der Waals surface area (Å²) in [5.74, 6) is -0.0425. The van der Waals surface area contributed by atoms with Gasteiger partial charge in [-0.25, -0.2) is 10.2 Å². The van der Waals surface area contributed by atoms with E-state index in [-0.39, 0.29) is 18.4 Å². The van der Waals surface area contributed by atoms with Crippen LogP contribution in [0, 0.1) is 0 Å². The van der Waals surface area contributed by atoms with Crippen molar-refractivity contribution < 1.29 is 14.3 Å². The quantitative estimate of drug-likeness (QED) is 0.475. The molecule has 126 valence electrons. The highest BCUT2D eigenvalue weighted by Crippen LogP contribution is 2.17. The van der Waals surface area contributed by atoms with Gasteiger partial charge >= 0.3 is 6.09 Å². The fraction of sp³-hybridized carbons (Fsp3) is 0.812. The molecular weight excluding hydrogens is 282 g/mol. The average Bonchev–Trinajstić information content (AvgIpc) is 2.63. The molecule has 0 unspecified atom stereocenters. The fourth-order valence-electron chi connectivity index (χ4n) is 2.42. The van der Waals surface area contributed by atoms with Crippen LogP contribution in [0.5, 0.6) is 0 Å². The third-order valence-corrected chi connectivity index (χ3v) is 3.37. The summed E-state index contributed by atoms with van der Waals surface area (Å²) in [5.41, 5.74) is 2.29. The standard InChI is InChI=1S/C16H29N3O3/c1-12(18-19-15(21)22-16(2,3)4)11-14(20)17-13-9-7-5-6-8-10-13/h13H,5-11H2,1-4H3,(H,17,20)(H,19,21)/b18-12-. The fourth-order valence-corrected chi connectivity index (χ4v) is 2.42. The van der Waals surface area contributed by atoms with Gasteiger partial charge in [-0.1, -0.05) is 25.7 Å². The minimum absolute atomic E-state index is 0.0425. The van der Waals surface area contributed by atoms with Crippen LogP contribution in [0.3, 0.4) is 0 Å². The van der Waals surface area contributed by atoms with Gasteiger partial charge in [0.05, 0.1) is 6.42 Å². The molecule has 0 spiro atoms. The Hall–Kier alpha value is -1.59. The maximum atomic E-state index is 12.0. The van der Waals surface area contributed by atoms with Gasteiger partial charge in [-0.15, -0.1) is 0 Å². The van der Waals surface area contributed by atoms with Crippen molar-refractivity contribution in [2.24, 2.45) is 5.10 Å². The van der Waals surface area contributed by atoms with Gasteiger partial charge in [0.25, 0.3) is 0 Å². The molecule has 1 saturated carbocycles. The molecular formula is C16H29N3O3. The van der Waals surface area contributed by atoms with E-state index in [2.05, 4.69) is 15.8 Å². The number of hydrogen-bond acceptors (Lipinski definition) is 4. The molecule has 0 radical (unpaired) electrons. The molecule has 6 nitrogen and oxygen atoms in total. The van der Waals surface area contributed by atoms with Crippen LogP contribution in [0.1, 0.15) is 72.6 Å². The van der Waals surface area contributed by atoms with E-state index in [0.717, 1.165) is 12.8 Å². The number of nitrogens with zero attached hydrogens (tertiary/aromatic N) is 1. The Morgan fingerprint density at radius 1 is 1.14 bits per heavy atom. The molecule has 2 amide bonds. The summed E-state index contributed by atoms with van der Waals surface area (Å²) in [4.78, 5) is 23.4. The first-order chi connectivity index (χ1) is 10.3. The van der Waals surface area contributed by atoms with Gasteiger partial charge in [0.15, 0.2) is 0 Å². The van der Waals surface area contributed by atoms with E-state index in [4.69, 9.17) is 4.74 Å². The Labute approximate surface area is 133 Å². The maximum Gasteiger partial charge on any atom is 0.428 e. The van der Waals surface area contributed by atoms with Crippen LogP contribution >= 0.6 is 0 Å². The second kappa shape index (κ2) is 8.76. The van der Waals surface area contributed by atoms with Crippen molar-refractivity contribution in [3.8, 4) is 0 Å². The minimum atomic E-state index is -0.615. The first kappa shape index (κ1) is 18.5. The molecule has 1 aliphatic carbocycles. The largest absolute Gasteiger partial charge is 0.443 e. The SMILES string of the molecule is C/C(CC(=O)NC1CCCCCC1)=N/NC(=O)OC(C)(C)C. The Balaban J connectivity index is 2.33. The molecule has 0 aliphatic heterocycles. The van der Waals surface area contributed by atoms with Gasteiger partial charge < -0.3 is 10.1 Å². The summed E-state index contributed by atoms with van der Waals surface area (Å²) in [6.45, 7) is 7.06. The van der Waals surface area contributed by atoms with Crippen LogP contribution in [0.15, 0.2) is 5.10 Å². The Kier molecular flexibility index (Phi) is 7.35. The van der Waals surface area contributed by atoms with E-state index in [1.807, 2.05) is 0 Å². The normalized spacial score (nSPS) is 17.5. The molecule has 1 rings (SSSR count). The summed E-state index contributed by atoms with van der Waals surface area (Å²) in [7, 11) is 0. The first-order valence-electron chi connectivity index (χ1n) is 8.08. The topological polar surface area (TPSA) is 79.8 Å². The highest BCUT2D eigenvalue weighted by molar-refractivity contribution is 6.00. The maximum absolute atomic E-state index is 12.0. The highest BCUT2D eigenvalue weighted by Gasteiger charge is 2.17. The van der Waals surface area contributed by atoms with E-state index in [1.165, 1.54) is 25.7 Å². The molecule has 0 aromatic heterocycles. The third kappa shape index (κ3) is 8.64. The Morgan fingerprint density at radius 2 is 1.73 bits per heavy atom. The lowest BCUT2D eigenvalue weighted by Gasteiger charge is -2.18. The summed E-state index contributed by atoms with van der Waals surface area (Å²) < 4.78 is 5.07. The number of nitrogens with one attached hydrogen (secondary N) is 2. The number of hydrogen-bond donors (Lipinski definition) is 2. The molecule has 0 aromatic rings. The smallest absolute Gasteiger partial charge is 0.428 e. The van der Waals surface area contributed by atoms with Crippen molar-refractivity contribution in [2.45, 2.75) is 84.3 Å². The summed E-state index contributed by atoms with van der Waals surface area (Å²) in [6, 6.07) is 0.279. The summed E-state index contributed by atoms with van der Waals surface area (Å²) in [6.07, 6.45) is 6.55. The van der Waals surface area contributed by atoms with Gasteiger partial charge in [-0.05, 0) is 40.5 Å². The zero-order chi connectivity index (χ0) is 16.6. The van der Waals surface area contributed by atoms with Gasteiger partial charge in [0, 0.05) is 11.8 Å². The number of carbonyl (C=O) groups is 2. The summed E-state index contributed by atoms with van der Waals surface area (Å²) >= 11 is 0. The van der Waals surface area contributed by atoms with Crippen LogP contribution in [0.2, 0.25) is 0 Å². The molecule has 6 heteroatoms. The van der Waals surface area contributed by atoms with Crippen molar-refractivity contribution in [3.63, 3.8) is 0 Å². The predicted octanol–water partition coefficient (Wildman–Crippen LogP) is 3.12. The van der Waals surface area contributed by atoms with Gasteiger partial charge in [-0.2, -0.15) is 5.10 Å². The lowest BCUT2D eigenvalue weighted by molar-refractivity contribution is -0.120. The molecule has 1 fully saturated rings. The van der Waals surface area contributed by atoms with Gasteiger partial charge in [0.2, 0.25) is 5.91 Å². The second-order valence-electron chi connectivity index (χ2n) is 6.89. The molecule has 22 heavy (non-hydrogen) atoms. The van der Waals surface area contributed by atoms with E-state index < -0.39 is 11.7 Å². The predicted molar refractivity (Wildman–Crippen MR) is 86.7 cm³/mol. The number of ether oxygens (including phenoxy) is 1. The molecule has 0 bridgehead atoms. The van der Waals surface area contributed by atoms with Crippen molar-refractivity contribution in [1.82, 2.24) is 10.7 Å². The van der Waals surface area contributed by atoms with E-state index in [9.17, 15) is 9.59 Å². The van der Waals surface area contributed by atoms with Crippen LogP contribution < -0.4 is 10.7 Å². The van der Waals surface area contributed by atoms with E-state index in [1.54, 1.807) is 27.7 Å². The number of hydrazone groups is 1. The lowest BCUT2D eigenvalue weighted by atomic mass is 10.1. The second-order valence-corrected chi connectivity index (χ2v) is 6.89. The zero-order valence-electron chi connectivity index (χ0n) is 14.2. The van der Waals surface area contributed by atoms with Crippen LogP contribution in [-0.4, -0.2) is 29.4 Å². The summed E-state index contributed by atoms with van der Waals surface area (Å²) in [5, 5.41) is 6.94. The Morgan fingerprint density at radius 3 is 2.27 bits per heavy atom. The van der Waals surface area contributed by atoms with Crippen molar-refractivity contribution in [1.29, 1.82) is 0 Å². The van der Waals surface area contributed by atoms with Gasteiger partial charge in [0.1, 0.15) is 5.60 Å². The molecule has 0 atom stereocenters. The van der Waals surface area contributed by atoms with E-state index >= 15 is 0 Å². The van der Waals surface area contributed by atoms with Gasteiger partial charge in [-0.3, -0.25) is 4.79 Å². The van der Waals surface area contributed by atoms with Crippen molar-refractivity contribution in [2.75, 3.05) is 0 Å². The molecule has 1 aliphatic rings. The molecule has 0 saturated heterocycles. The number of amides is 2. The van der Waals surface area contributed by atoms with Crippen molar-refractivity contribution >= 4 is 17.7 Å². The van der Waals surface area contributed by atoms with Crippen molar-refractivity contribution in [3.05, 3.63) is 0 Å². The minimum Gasteiger partial charge on any atom is -0.443 e. The lowest BCUT2D eigenvalue weighted by Crippen LogP contribution is -2.35. The molecule has 0 heterocycles. The van der Waals surface area contributed by atoms with Crippen LogP contribution in [0.4, 0.5) is 4.79 Å². The van der Waals surface area contributed by atoms with E-state index in [0.29, 0.717) is 5.71 Å².